The molecule has 0 atom stereocenters. The van der Waals surface area contributed by atoms with Crippen LogP contribution in [-0.2, 0) is 16.6 Å². The van der Waals surface area contributed by atoms with Gasteiger partial charge in [-0.05, 0) is 32.0 Å². The van der Waals surface area contributed by atoms with Gasteiger partial charge in [-0.1, -0.05) is 35.4 Å². The van der Waals surface area contributed by atoms with Crippen molar-refractivity contribution in [3.63, 3.8) is 0 Å². The fourth-order valence-electron chi connectivity index (χ4n) is 2.62. The van der Waals surface area contributed by atoms with E-state index in [1.807, 2.05) is 13.8 Å². The molecule has 0 aliphatic rings. The lowest BCUT2D eigenvalue weighted by Gasteiger charge is -2.15. The lowest BCUT2D eigenvalue weighted by molar-refractivity contribution is -0.0504. The maximum absolute atomic E-state index is 12.6. The first kappa shape index (κ1) is 23.6. The first-order valence-corrected chi connectivity index (χ1v) is 10.7. The van der Waals surface area contributed by atoms with Gasteiger partial charge in [0, 0.05) is 32.2 Å². The minimum atomic E-state index is -3.60. The van der Waals surface area contributed by atoms with Gasteiger partial charge < -0.3 is 15.4 Å². The number of benzene rings is 2. The molecule has 30 heavy (non-hydrogen) atoms. The second-order valence-corrected chi connectivity index (χ2v) is 8.32. The highest BCUT2D eigenvalue weighted by Gasteiger charge is 2.13. The van der Waals surface area contributed by atoms with Crippen molar-refractivity contribution in [1.29, 1.82) is 0 Å². The van der Waals surface area contributed by atoms with E-state index in [9.17, 15) is 17.2 Å². The summed E-state index contributed by atoms with van der Waals surface area (Å²) in [6, 6.07) is 11.5. The van der Waals surface area contributed by atoms with E-state index < -0.39 is 16.6 Å². The van der Waals surface area contributed by atoms with Crippen LogP contribution in [0.2, 0.25) is 0 Å². The van der Waals surface area contributed by atoms with Gasteiger partial charge in [0.1, 0.15) is 5.75 Å². The number of alkyl halides is 2. The number of ether oxygens (including phenoxy) is 1. The quantitative estimate of drug-likeness (QED) is 0.317. The number of nitrogens with one attached hydrogen (secondary N) is 3. The van der Waals surface area contributed by atoms with Crippen LogP contribution in [0.5, 0.6) is 5.75 Å². The Labute approximate surface area is 175 Å². The highest BCUT2D eigenvalue weighted by molar-refractivity contribution is 7.89. The van der Waals surface area contributed by atoms with Crippen molar-refractivity contribution in [3.8, 4) is 5.75 Å². The molecule has 0 amide bonds. The second-order valence-electron chi connectivity index (χ2n) is 6.55. The van der Waals surface area contributed by atoms with Crippen molar-refractivity contribution in [1.82, 2.24) is 15.4 Å². The van der Waals surface area contributed by atoms with Crippen LogP contribution in [0.4, 0.5) is 8.78 Å². The van der Waals surface area contributed by atoms with Crippen molar-refractivity contribution in [3.05, 3.63) is 59.2 Å². The molecule has 0 saturated carbocycles. The lowest BCUT2D eigenvalue weighted by atomic mass is 10.1. The van der Waals surface area contributed by atoms with Gasteiger partial charge in [0.2, 0.25) is 10.0 Å². The largest absolute Gasteiger partial charge is 0.434 e. The minimum Gasteiger partial charge on any atom is -0.434 e. The lowest BCUT2D eigenvalue weighted by Crippen LogP contribution is -2.41. The summed E-state index contributed by atoms with van der Waals surface area (Å²) < 4.78 is 56.7. The zero-order chi connectivity index (χ0) is 22.1. The molecule has 0 spiro atoms. The molecule has 10 heteroatoms. The molecule has 164 valence electrons. The highest BCUT2D eigenvalue weighted by atomic mass is 32.2. The maximum Gasteiger partial charge on any atom is 0.387 e. The number of guanidine groups is 1. The van der Waals surface area contributed by atoms with Gasteiger partial charge in [0.25, 0.3) is 0 Å². The first-order chi connectivity index (χ1) is 14.2. The molecule has 2 rings (SSSR count). The molecule has 0 aliphatic heterocycles. The van der Waals surface area contributed by atoms with Crippen molar-refractivity contribution in [2.24, 2.45) is 4.99 Å². The molecule has 0 bridgehead atoms. The number of aliphatic imine (C=N–C) groups is 1. The number of halogens is 2. The standard InChI is InChI=1S/C20H26F2N4O3S/c1-14-4-7-17(8-5-14)30(27,28)26-11-10-24-20(23-3)25-13-16-12-15(2)6-9-18(16)29-19(21)22/h4-9,12,19,26H,10-11,13H2,1-3H3,(H2,23,24,25). The average Bonchev–Trinajstić information content (AvgIpc) is 2.69. The number of hydrogen-bond acceptors (Lipinski definition) is 4. The van der Waals surface area contributed by atoms with E-state index >= 15 is 0 Å². The molecule has 0 aliphatic carbocycles. The van der Waals surface area contributed by atoms with E-state index in [0.717, 1.165) is 11.1 Å². The first-order valence-electron chi connectivity index (χ1n) is 9.26. The van der Waals surface area contributed by atoms with Gasteiger partial charge in [-0.3, -0.25) is 4.99 Å². The molecule has 2 aromatic rings. The van der Waals surface area contributed by atoms with Crippen LogP contribution in [0.3, 0.4) is 0 Å². The summed E-state index contributed by atoms with van der Waals surface area (Å²) in [5.41, 5.74) is 2.43. The molecular formula is C20H26F2N4O3S. The van der Waals surface area contributed by atoms with Crippen molar-refractivity contribution >= 4 is 16.0 Å². The molecule has 7 nitrogen and oxygen atoms in total. The number of rotatable bonds is 9. The topological polar surface area (TPSA) is 91.8 Å². The van der Waals surface area contributed by atoms with Gasteiger partial charge in [-0.15, -0.1) is 0 Å². The smallest absolute Gasteiger partial charge is 0.387 e. The monoisotopic (exact) mass is 440 g/mol. The Hall–Kier alpha value is -2.72. The van der Waals surface area contributed by atoms with E-state index in [1.54, 1.807) is 43.4 Å². The highest BCUT2D eigenvalue weighted by Crippen LogP contribution is 2.21. The van der Waals surface area contributed by atoms with Crippen LogP contribution in [-0.4, -0.2) is 41.1 Å². The zero-order valence-corrected chi connectivity index (χ0v) is 17.9. The molecule has 0 unspecified atom stereocenters. The summed E-state index contributed by atoms with van der Waals surface area (Å²) in [5, 5.41) is 5.97. The molecule has 2 aromatic carbocycles. The summed E-state index contributed by atoms with van der Waals surface area (Å²) in [7, 11) is -2.04. The normalized spacial score (nSPS) is 12.1. The summed E-state index contributed by atoms with van der Waals surface area (Å²) in [6.45, 7) is 1.44. The van der Waals surface area contributed by atoms with Gasteiger partial charge in [0.05, 0.1) is 4.90 Å². The number of aryl methyl sites for hydroxylation is 2. The van der Waals surface area contributed by atoms with E-state index in [2.05, 4.69) is 25.1 Å². The van der Waals surface area contributed by atoms with Crippen molar-refractivity contribution in [2.45, 2.75) is 31.9 Å². The molecule has 3 N–H and O–H groups in total. The Kier molecular flexibility index (Phi) is 8.55. The van der Waals surface area contributed by atoms with Crippen LogP contribution in [0.15, 0.2) is 52.4 Å². The Morgan fingerprint density at radius 1 is 1.03 bits per heavy atom. The van der Waals surface area contributed by atoms with Crippen LogP contribution in [0.1, 0.15) is 16.7 Å². The predicted molar refractivity (Wildman–Crippen MR) is 112 cm³/mol. The van der Waals surface area contributed by atoms with Crippen molar-refractivity contribution < 1.29 is 21.9 Å². The Morgan fingerprint density at radius 2 is 1.70 bits per heavy atom. The Morgan fingerprint density at radius 3 is 2.33 bits per heavy atom. The summed E-state index contributed by atoms with van der Waals surface area (Å²) >= 11 is 0. The van der Waals surface area contributed by atoms with Crippen molar-refractivity contribution in [2.75, 3.05) is 20.1 Å². The van der Waals surface area contributed by atoms with Crippen LogP contribution in [0, 0.1) is 13.8 Å². The van der Waals surface area contributed by atoms with E-state index in [4.69, 9.17) is 0 Å². The fraction of sp³-hybridized carbons (Fsp3) is 0.350. The summed E-state index contributed by atoms with van der Waals surface area (Å²) in [5.74, 6) is 0.485. The molecular weight excluding hydrogens is 414 g/mol. The van der Waals surface area contributed by atoms with Crippen LogP contribution in [0.25, 0.3) is 0 Å². The van der Waals surface area contributed by atoms with Gasteiger partial charge in [-0.2, -0.15) is 8.78 Å². The third-order valence-electron chi connectivity index (χ3n) is 4.14. The number of hydrogen-bond donors (Lipinski definition) is 3. The summed E-state index contributed by atoms with van der Waals surface area (Å²) in [4.78, 5) is 4.24. The average molecular weight is 441 g/mol. The predicted octanol–water partition coefficient (Wildman–Crippen LogP) is 2.55. The van der Waals surface area contributed by atoms with Gasteiger partial charge in [0.15, 0.2) is 5.96 Å². The van der Waals surface area contributed by atoms with Crippen LogP contribution < -0.4 is 20.1 Å². The molecule has 0 saturated heterocycles. The molecule has 0 heterocycles. The third kappa shape index (κ3) is 7.27. The van der Waals surface area contributed by atoms with Gasteiger partial charge >= 0.3 is 6.61 Å². The third-order valence-corrected chi connectivity index (χ3v) is 5.62. The Balaban J connectivity index is 1.86. The zero-order valence-electron chi connectivity index (χ0n) is 17.1. The van der Waals surface area contributed by atoms with E-state index in [0.29, 0.717) is 11.5 Å². The van der Waals surface area contributed by atoms with E-state index in [-0.39, 0.29) is 30.3 Å². The van der Waals surface area contributed by atoms with Gasteiger partial charge in [-0.25, -0.2) is 13.1 Å². The molecule has 0 fully saturated rings. The number of sulfonamides is 1. The van der Waals surface area contributed by atoms with Crippen LogP contribution >= 0.6 is 0 Å². The second kappa shape index (κ2) is 10.9. The Bertz CT molecular complexity index is 965. The fourth-order valence-corrected chi connectivity index (χ4v) is 3.66. The number of nitrogens with zero attached hydrogens (tertiary/aromatic N) is 1. The summed E-state index contributed by atoms with van der Waals surface area (Å²) in [6.07, 6.45) is 0. The maximum atomic E-state index is 12.6. The van der Waals surface area contributed by atoms with E-state index in [1.165, 1.54) is 6.07 Å². The minimum absolute atomic E-state index is 0.0874. The molecule has 0 aromatic heterocycles. The molecule has 0 radical (unpaired) electrons. The SMILES string of the molecule is CN=C(NCCNS(=O)(=O)c1ccc(C)cc1)NCc1cc(C)ccc1OC(F)F.